The SMILES string of the molecule is OCCCSCCNCC(O)c1cccc(Br)c1. The van der Waals surface area contributed by atoms with Gasteiger partial charge < -0.3 is 15.5 Å². The molecule has 1 rings (SSSR count). The van der Waals surface area contributed by atoms with Gasteiger partial charge in [-0.3, -0.25) is 0 Å². The molecule has 0 fully saturated rings. The van der Waals surface area contributed by atoms with Crippen molar-refractivity contribution in [3.63, 3.8) is 0 Å². The average molecular weight is 334 g/mol. The molecule has 5 heteroatoms. The third-order valence-corrected chi connectivity index (χ3v) is 4.00. The molecule has 0 aromatic heterocycles. The summed E-state index contributed by atoms with van der Waals surface area (Å²) in [6.07, 6.45) is 0.385. The van der Waals surface area contributed by atoms with E-state index in [0.29, 0.717) is 6.54 Å². The van der Waals surface area contributed by atoms with Gasteiger partial charge in [0.25, 0.3) is 0 Å². The standard InChI is InChI=1S/C13H20BrNO2S/c14-12-4-1-3-11(9-12)13(17)10-15-5-8-18-7-2-6-16/h1,3-4,9,13,15-17H,2,5-8,10H2. The number of benzene rings is 1. The van der Waals surface area contributed by atoms with E-state index < -0.39 is 6.10 Å². The lowest BCUT2D eigenvalue weighted by molar-refractivity contribution is 0.175. The van der Waals surface area contributed by atoms with Crippen LogP contribution in [0.1, 0.15) is 18.1 Å². The Kier molecular flexibility index (Phi) is 8.71. The van der Waals surface area contributed by atoms with Crippen LogP contribution in [0.25, 0.3) is 0 Å². The zero-order valence-electron chi connectivity index (χ0n) is 10.3. The number of hydrogen-bond donors (Lipinski definition) is 3. The zero-order valence-corrected chi connectivity index (χ0v) is 12.7. The van der Waals surface area contributed by atoms with E-state index in [2.05, 4.69) is 21.2 Å². The smallest absolute Gasteiger partial charge is 0.0914 e. The van der Waals surface area contributed by atoms with Crippen molar-refractivity contribution in [3.05, 3.63) is 34.3 Å². The quantitative estimate of drug-likeness (QED) is 0.606. The summed E-state index contributed by atoms with van der Waals surface area (Å²) in [5, 5.41) is 21.8. The normalized spacial score (nSPS) is 12.6. The molecular formula is C13H20BrNO2S. The number of halogens is 1. The third kappa shape index (κ3) is 6.75. The fourth-order valence-corrected chi connectivity index (χ4v) is 2.73. The van der Waals surface area contributed by atoms with Gasteiger partial charge in [-0.15, -0.1) is 0 Å². The van der Waals surface area contributed by atoms with Crippen LogP contribution in [-0.2, 0) is 0 Å². The van der Waals surface area contributed by atoms with E-state index in [1.54, 1.807) is 0 Å². The van der Waals surface area contributed by atoms with Gasteiger partial charge in [0.2, 0.25) is 0 Å². The number of aliphatic hydroxyl groups is 2. The molecule has 0 amide bonds. The summed E-state index contributed by atoms with van der Waals surface area (Å²) >= 11 is 5.21. The van der Waals surface area contributed by atoms with E-state index in [-0.39, 0.29) is 6.61 Å². The molecule has 1 unspecified atom stereocenters. The molecule has 0 aliphatic heterocycles. The lowest BCUT2D eigenvalue weighted by Crippen LogP contribution is -2.23. The molecule has 0 aliphatic rings. The number of nitrogens with one attached hydrogen (secondary N) is 1. The highest BCUT2D eigenvalue weighted by Crippen LogP contribution is 2.17. The molecule has 3 N–H and O–H groups in total. The maximum Gasteiger partial charge on any atom is 0.0914 e. The first-order valence-electron chi connectivity index (χ1n) is 6.07. The largest absolute Gasteiger partial charge is 0.396 e. The Morgan fingerprint density at radius 1 is 1.33 bits per heavy atom. The molecule has 1 aromatic carbocycles. The van der Waals surface area contributed by atoms with Crippen molar-refractivity contribution in [2.24, 2.45) is 0 Å². The van der Waals surface area contributed by atoms with Gasteiger partial charge >= 0.3 is 0 Å². The minimum absolute atomic E-state index is 0.266. The van der Waals surface area contributed by atoms with Crippen LogP contribution in [0.2, 0.25) is 0 Å². The molecule has 0 aliphatic carbocycles. The van der Waals surface area contributed by atoms with Crippen molar-refractivity contribution in [2.75, 3.05) is 31.2 Å². The lowest BCUT2D eigenvalue weighted by atomic mass is 10.1. The lowest BCUT2D eigenvalue weighted by Gasteiger charge is -2.12. The van der Waals surface area contributed by atoms with Crippen LogP contribution in [0.3, 0.4) is 0 Å². The fraction of sp³-hybridized carbons (Fsp3) is 0.538. The molecule has 3 nitrogen and oxygen atoms in total. The second kappa shape index (κ2) is 9.81. The Balaban J connectivity index is 2.12. The number of hydrogen-bond acceptors (Lipinski definition) is 4. The monoisotopic (exact) mass is 333 g/mol. The highest BCUT2D eigenvalue weighted by atomic mass is 79.9. The molecule has 1 aromatic rings. The Morgan fingerprint density at radius 2 is 2.17 bits per heavy atom. The summed E-state index contributed by atoms with van der Waals surface area (Å²) in [6, 6.07) is 7.73. The highest BCUT2D eigenvalue weighted by molar-refractivity contribution is 9.10. The number of thioether (sulfide) groups is 1. The Labute approximate surface area is 121 Å². The Bertz CT molecular complexity index is 339. The molecule has 0 saturated heterocycles. The van der Waals surface area contributed by atoms with Crippen LogP contribution >= 0.6 is 27.7 Å². The van der Waals surface area contributed by atoms with Gasteiger partial charge in [-0.25, -0.2) is 0 Å². The molecule has 0 saturated carbocycles. The minimum atomic E-state index is -0.468. The van der Waals surface area contributed by atoms with Gasteiger partial charge in [0.15, 0.2) is 0 Å². The first-order chi connectivity index (χ1) is 8.74. The van der Waals surface area contributed by atoms with Gasteiger partial charge in [0.05, 0.1) is 6.10 Å². The summed E-state index contributed by atoms with van der Waals surface area (Å²) in [4.78, 5) is 0. The molecule has 18 heavy (non-hydrogen) atoms. The molecule has 1 atom stereocenters. The first kappa shape index (κ1) is 16.0. The molecule has 102 valence electrons. The van der Waals surface area contributed by atoms with Crippen LogP contribution in [0.5, 0.6) is 0 Å². The number of aliphatic hydroxyl groups excluding tert-OH is 2. The predicted octanol–water partition coefficient (Wildman–Crippen LogP) is 2.19. The molecular weight excluding hydrogens is 314 g/mol. The van der Waals surface area contributed by atoms with Gasteiger partial charge in [-0.05, 0) is 29.9 Å². The third-order valence-electron chi connectivity index (χ3n) is 2.44. The van der Waals surface area contributed by atoms with E-state index in [9.17, 15) is 5.11 Å². The van der Waals surface area contributed by atoms with E-state index in [4.69, 9.17) is 5.11 Å². The second-order valence-corrected chi connectivity index (χ2v) is 6.10. The van der Waals surface area contributed by atoms with Crippen LogP contribution in [0, 0.1) is 0 Å². The van der Waals surface area contributed by atoms with Crippen molar-refractivity contribution in [1.29, 1.82) is 0 Å². The predicted molar refractivity (Wildman–Crippen MR) is 81.0 cm³/mol. The summed E-state index contributed by atoms with van der Waals surface area (Å²) < 4.78 is 0.985. The van der Waals surface area contributed by atoms with Crippen molar-refractivity contribution in [1.82, 2.24) is 5.32 Å². The van der Waals surface area contributed by atoms with Crippen LogP contribution < -0.4 is 5.32 Å². The van der Waals surface area contributed by atoms with Crippen LogP contribution in [-0.4, -0.2) is 41.4 Å². The van der Waals surface area contributed by atoms with E-state index in [1.807, 2.05) is 36.0 Å². The van der Waals surface area contributed by atoms with Crippen LogP contribution in [0.4, 0.5) is 0 Å². The number of rotatable bonds is 9. The molecule has 0 heterocycles. The topological polar surface area (TPSA) is 52.5 Å². The summed E-state index contributed by atoms with van der Waals surface area (Å²) in [5.74, 6) is 2.00. The van der Waals surface area contributed by atoms with E-state index in [1.165, 1.54) is 0 Å². The van der Waals surface area contributed by atoms with Gasteiger partial charge in [-0.2, -0.15) is 11.8 Å². The van der Waals surface area contributed by atoms with Gasteiger partial charge in [-0.1, -0.05) is 28.1 Å². The summed E-state index contributed by atoms with van der Waals surface area (Å²) in [5.41, 5.74) is 0.921. The van der Waals surface area contributed by atoms with Crippen molar-refractivity contribution >= 4 is 27.7 Å². The first-order valence-corrected chi connectivity index (χ1v) is 8.01. The molecule has 0 spiro atoms. The minimum Gasteiger partial charge on any atom is -0.396 e. The maximum atomic E-state index is 9.96. The maximum absolute atomic E-state index is 9.96. The molecule has 0 bridgehead atoms. The van der Waals surface area contributed by atoms with Gasteiger partial charge in [0.1, 0.15) is 0 Å². The second-order valence-electron chi connectivity index (χ2n) is 3.96. The zero-order chi connectivity index (χ0) is 13.2. The fourth-order valence-electron chi connectivity index (χ4n) is 1.48. The summed E-state index contributed by atoms with van der Waals surface area (Å²) in [7, 11) is 0. The van der Waals surface area contributed by atoms with Crippen LogP contribution in [0.15, 0.2) is 28.7 Å². The van der Waals surface area contributed by atoms with Crippen molar-refractivity contribution in [2.45, 2.75) is 12.5 Å². The highest BCUT2D eigenvalue weighted by Gasteiger charge is 2.06. The summed E-state index contributed by atoms with van der Waals surface area (Å²) in [6.45, 7) is 1.71. The Morgan fingerprint density at radius 3 is 2.89 bits per heavy atom. The average Bonchev–Trinajstić information content (AvgIpc) is 2.37. The van der Waals surface area contributed by atoms with Gasteiger partial charge in [0, 0.05) is 29.9 Å². The molecule has 0 radical (unpaired) electrons. The Hall–Kier alpha value is -0.0700. The van der Waals surface area contributed by atoms with Crippen molar-refractivity contribution < 1.29 is 10.2 Å². The van der Waals surface area contributed by atoms with Crippen molar-refractivity contribution in [3.8, 4) is 0 Å². The van der Waals surface area contributed by atoms with E-state index >= 15 is 0 Å². The van der Waals surface area contributed by atoms with E-state index in [0.717, 1.165) is 34.5 Å².